The maximum absolute atomic E-state index is 10.2. The van der Waals surface area contributed by atoms with Crippen molar-refractivity contribution in [3.63, 3.8) is 0 Å². The van der Waals surface area contributed by atoms with Gasteiger partial charge in [0.25, 0.3) is 0 Å². The van der Waals surface area contributed by atoms with Crippen molar-refractivity contribution in [1.29, 1.82) is 0 Å². The van der Waals surface area contributed by atoms with Crippen LogP contribution in [-0.2, 0) is 7.05 Å². The Kier molecular flexibility index (Phi) is 3.51. The number of aryl methyl sites for hydroxylation is 1. The summed E-state index contributed by atoms with van der Waals surface area (Å²) < 4.78 is 2.64. The summed E-state index contributed by atoms with van der Waals surface area (Å²) in [6.07, 6.45) is 0.966. The summed E-state index contributed by atoms with van der Waals surface area (Å²) in [5.41, 5.74) is 1.55. The molecule has 0 amide bonds. The van der Waals surface area contributed by atoms with E-state index in [2.05, 4.69) is 27.7 Å². The molecule has 0 saturated heterocycles. The summed E-state index contributed by atoms with van der Waals surface area (Å²) >= 11 is 8.11. The van der Waals surface area contributed by atoms with E-state index in [0.717, 1.165) is 14.8 Å². The number of hydrogen-bond donors (Lipinski definition) is 1. The molecule has 3 nitrogen and oxygen atoms in total. The van der Waals surface area contributed by atoms with E-state index in [4.69, 9.17) is 11.6 Å². The molecular formula is C11H10ClIN2O. The number of benzene rings is 1. The van der Waals surface area contributed by atoms with Crippen LogP contribution in [0.3, 0.4) is 0 Å². The van der Waals surface area contributed by atoms with Gasteiger partial charge in [0.1, 0.15) is 6.10 Å². The summed E-state index contributed by atoms with van der Waals surface area (Å²) in [6, 6.07) is 7.27. The van der Waals surface area contributed by atoms with Crippen LogP contribution in [0.5, 0.6) is 0 Å². The second-order valence-electron chi connectivity index (χ2n) is 3.45. The minimum Gasteiger partial charge on any atom is -0.382 e. The Morgan fingerprint density at radius 3 is 2.81 bits per heavy atom. The van der Waals surface area contributed by atoms with Crippen molar-refractivity contribution in [2.75, 3.05) is 0 Å². The number of aromatic nitrogens is 2. The second kappa shape index (κ2) is 4.73. The third-order valence-corrected chi connectivity index (χ3v) is 3.61. The van der Waals surface area contributed by atoms with Crippen LogP contribution in [0.25, 0.3) is 0 Å². The molecule has 1 heterocycles. The summed E-state index contributed by atoms with van der Waals surface area (Å²) in [6.45, 7) is 0. The summed E-state index contributed by atoms with van der Waals surface area (Å²) in [7, 11) is 1.80. The van der Waals surface area contributed by atoms with Gasteiger partial charge in [-0.15, -0.1) is 0 Å². The zero-order valence-electron chi connectivity index (χ0n) is 8.56. The molecule has 0 aliphatic rings. The molecule has 1 aromatic carbocycles. The Balaban J connectivity index is 2.45. The fourth-order valence-electron chi connectivity index (χ4n) is 1.54. The van der Waals surface area contributed by atoms with Crippen molar-refractivity contribution in [2.45, 2.75) is 6.10 Å². The van der Waals surface area contributed by atoms with Crippen LogP contribution >= 0.6 is 34.2 Å². The largest absolute Gasteiger partial charge is 0.382 e. The van der Waals surface area contributed by atoms with Crippen molar-refractivity contribution in [3.8, 4) is 0 Å². The SMILES string of the molecule is Cn1nccc1C(O)c1cc(Cl)ccc1I. The van der Waals surface area contributed by atoms with Crippen molar-refractivity contribution < 1.29 is 5.11 Å². The third kappa shape index (κ3) is 2.23. The van der Waals surface area contributed by atoms with Gasteiger partial charge < -0.3 is 5.11 Å². The molecule has 0 fully saturated rings. The molecule has 16 heavy (non-hydrogen) atoms. The highest BCUT2D eigenvalue weighted by molar-refractivity contribution is 14.1. The topological polar surface area (TPSA) is 38.0 Å². The highest BCUT2D eigenvalue weighted by Gasteiger charge is 2.16. The zero-order chi connectivity index (χ0) is 11.7. The van der Waals surface area contributed by atoms with E-state index in [9.17, 15) is 5.11 Å². The Bertz CT molecular complexity index is 512. The smallest absolute Gasteiger partial charge is 0.122 e. The van der Waals surface area contributed by atoms with E-state index in [1.165, 1.54) is 0 Å². The highest BCUT2D eigenvalue weighted by atomic mass is 127. The number of nitrogens with zero attached hydrogens (tertiary/aromatic N) is 2. The normalized spacial score (nSPS) is 12.8. The number of halogens is 2. The molecule has 1 aromatic heterocycles. The Morgan fingerprint density at radius 2 is 2.19 bits per heavy atom. The van der Waals surface area contributed by atoms with E-state index in [1.807, 2.05) is 12.1 Å². The average molecular weight is 349 g/mol. The van der Waals surface area contributed by atoms with Crippen LogP contribution in [0.4, 0.5) is 0 Å². The quantitative estimate of drug-likeness (QED) is 0.848. The molecule has 2 rings (SSSR count). The fourth-order valence-corrected chi connectivity index (χ4v) is 2.35. The molecule has 0 bridgehead atoms. The molecule has 84 valence electrons. The Labute approximate surface area is 112 Å². The molecule has 0 aliphatic carbocycles. The molecule has 5 heteroatoms. The van der Waals surface area contributed by atoms with Gasteiger partial charge in [-0.05, 0) is 46.9 Å². The van der Waals surface area contributed by atoms with E-state index in [-0.39, 0.29) is 0 Å². The average Bonchev–Trinajstić information content (AvgIpc) is 2.67. The molecular weight excluding hydrogens is 338 g/mol. The Morgan fingerprint density at radius 1 is 1.44 bits per heavy atom. The van der Waals surface area contributed by atoms with Crippen LogP contribution in [0.1, 0.15) is 17.4 Å². The van der Waals surface area contributed by atoms with Gasteiger partial charge in [0.15, 0.2) is 0 Å². The summed E-state index contributed by atoms with van der Waals surface area (Å²) in [4.78, 5) is 0. The van der Waals surface area contributed by atoms with Gasteiger partial charge in [-0.1, -0.05) is 11.6 Å². The summed E-state index contributed by atoms with van der Waals surface area (Å²) in [5, 5.41) is 14.9. The minimum absolute atomic E-state index is 0.622. The molecule has 0 aliphatic heterocycles. The lowest BCUT2D eigenvalue weighted by atomic mass is 10.1. The van der Waals surface area contributed by atoms with Crippen LogP contribution in [0, 0.1) is 3.57 Å². The van der Waals surface area contributed by atoms with E-state index < -0.39 is 6.10 Å². The third-order valence-electron chi connectivity index (χ3n) is 2.39. The first kappa shape index (κ1) is 11.9. The highest BCUT2D eigenvalue weighted by Crippen LogP contribution is 2.28. The Hall–Kier alpha value is -0.590. The molecule has 1 unspecified atom stereocenters. The first-order chi connectivity index (χ1) is 7.59. The van der Waals surface area contributed by atoms with Gasteiger partial charge in [-0.3, -0.25) is 4.68 Å². The molecule has 0 radical (unpaired) electrons. The minimum atomic E-state index is -0.696. The van der Waals surface area contributed by atoms with Gasteiger partial charge in [0.05, 0.1) is 5.69 Å². The molecule has 2 aromatic rings. The molecule has 1 atom stereocenters. The number of hydrogen-bond acceptors (Lipinski definition) is 2. The van der Waals surface area contributed by atoms with Crippen LogP contribution < -0.4 is 0 Å². The number of aliphatic hydroxyl groups is 1. The fraction of sp³-hybridized carbons (Fsp3) is 0.182. The van der Waals surface area contributed by atoms with Crippen molar-refractivity contribution in [3.05, 3.63) is 50.3 Å². The zero-order valence-corrected chi connectivity index (χ0v) is 11.5. The van der Waals surface area contributed by atoms with Gasteiger partial charge in [-0.25, -0.2) is 0 Å². The van der Waals surface area contributed by atoms with Crippen molar-refractivity contribution in [1.82, 2.24) is 9.78 Å². The van der Waals surface area contributed by atoms with Crippen LogP contribution in [0.2, 0.25) is 5.02 Å². The van der Waals surface area contributed by atoms with Gasteiger partial charge in [0.2, 0.25) is 0 Å². The van der Waals surface area contributed by atoms with Crippen molar-refractivity contribution >= 4 is 34.2 Å². The molecule has 1 N–H and O–H groups in total. The maximum atomic E-state index is 10.2. The van der Waals surface area contributed by atoms with Gasteiger partial charge >= 0.3 is 0 Å². The molecule has 0 spiro atoms. The summed E-state index contributed by atoms with van der Waals surface area (Å²) in [5.74, 6) is 0. The number of aliphatic hydroxyl groups excluding tert-OH is 1. The first-order valence-corrected chi connectivity index (χ1v) is 6.16. The second-order valence-corrected chi connectivity index (χ2v) is 5.05. The van der Waals surface area contributed by atoms with E-state index >= 15 is 0 Å². The predicted octanol–water partition coefficient (Wildman–Crippen LogP) is 2.76. The van der Waals surface area contributed by atoms with Gasteiger partial charge in [0, 0.05) is 27.4 Å². The maximum Gasteiger partial charge on any atom is 0.122 e. The van der Waals surface area contributed by atoms with E-state index in [1.54, 1.807) is 30.1 Å². The van der Waals surface area contributed by atoms with Crippen LogP contribution in [-0.4, -0.2) is 14.9 Å². The predicted molar refractivity (Wildman–Crippen MR) is 71.4 cm³/mol. The molecule has 0 saturated carbocycles. The lowest BCUT2D eigenvalue weighted by Crippen LogP contribution is -2.08. The van der Waals surface area contributed by atoms with Gasteiger partial charge in [-0.2, -0.15) is 5.10 Å². The lowest BCUT2D eigenvalue weighted by Gasteiger charge is -2.13. The van der Waals surface area contributed by atoms with Crippen molar-refractivity contribution in [2.24, 2.45) is 7.05 Å². The first-order valence-electron chi connectivity index (χ1n) is 4.70. The van der Waals surface area contributed by atoms with E-state index in [0.29, 0.717) is 5.02 Å². The lowest BCUT2D eigenvalue weighted by molar-refractivity contribution is 0.209. The standard InChI is InChI=1S/C11H10ClIN2O/c1-15-10(4-5-14-15)11(16)8-6-7(12)2-3-9(8)13/h2-6,11,16H,1H3. The number of rotatable bonds is 2. The monoisotopic (exact) mass is 348 g/mol. The van der Waals surface area contributed by atoms with Crippen LogP contribution in [0.15, 0.2) is 30.5 Å².